The smallest absolute Gasteiger partial charge is 0.322 e. The second-order valence-corrected chi connectivity index (χ2v) is 6.71. The van der Waals surface area contributed by atoms with E-state index in [1.54, 1.807) is 0 Å². The molecule has 152 valence electrons. The summed E-state index contributed by atoms with van der Waals surface area (Å²) in [4.78, 5) is 17.0. The molecule has 2 amide bonds. The van der Waals surface area contributed by atoms with Crippen LogP contribution in [0.1, 0.15) is 32.8 Å². The molecule has 0 saturated heterocycles. The third kappa shape index (κ3) is 6.89. The lowest BCUT2D eigenvalue weighted by Crippen LogP contribution is -2.35. The number of likely N-dealkylation sites (N-methyl/N-ethyl adjacent to an activating group) is 1. The Morgan fingerprint density at radius 3 is 2.29 bits per heavy atom. The first kappa shape index (κ1) is 21.8. The summed E-state index contributed by atoms with van der Waals surface area (Å²) in [7, 11) is 0. The second kappa shape index (κ2) is 12.0. The molecule has 0 heterocycles. The maximum atomic E-state index is 12.9. The highest BCUT2D eigenvalue weighted by molar-refractivity contribution is 5.91. The third-order valence-electron chi connectivity index (χ3n) is 4.69. The Labute approximate surface area is 169 Å². The van der Waals surface area contributed by atoms with Crippen molar-refractivity contribution in [2.24, 2.45) is 0 Å². The molecule has 0 bridgehead atoms. The van der Waals surface area contributed by atoms with E-state index in [1.807, 2.05) is 59.5 Å². The van der Waals surface area contributed by atoms with E-state index >= 15 is 0 Å². The van der Waals surface area contributed by atoms with Gasteiger partial charge in [-0.1, -0.05) is 63.2 Å². The molecular formula is C23H33N3O2. The number of hydrogen-bond donors (Lipinski definition) is 1. The van der Waals surface area contributed by atoms with Crippen LogP contribution < -0.4 is 10.1 Å². The van der Waals surface area contributed by atoms with Crippen molar-refractivity contribution in [1.29, 1.82) is 0 Å². The maximum Gasteiger partial charge on any atom is 0.322 e. The molecule has 0 aliphatic rings. The topological polar surface area (TPSA) is 44.8 Å². The highest BCUT2D eigenvalue weighted by Gasteiger charge is 2.15. The van der Waals surface area contributed by atoms with E-state index in [2.05, 4.69) is 31.0 Å². The minimum atomic E-state index is -0.106. The van der Waals surface area contributed by atoms with Crippen LogP contribution in [0.5, 0.6) is 5.75 Å². The summed E-state index contributed by atoms with van der Waals surface area (Å²) < 4.78 is 5.96. The van der Waals surface area contributed by atoms with Crippen LogP contribution >= 0.6 is 0 Å². The highest BCUT2D eigenvalue weighted by atomic mass is 16.5. The molecule has 2 aromatic rings. The molecule has 28 heavy (non-hydrogen) atoms. The number of carbonyl (C=O) groups is 1. The van der Waals surface area contributed by atoms with Crippen LogP contribution in [0.2, 0.25) is 0 Å². The minimum Gasteiger partial charge on any atom is -0.490 e. The molecule has 0 aromatic heterocycles. The summed E-state index contributed by atoms with van der Waals surface area (Å²) in [5, 5.41) is 3.03. The molecule has 0 saturated carbocycles. The van der Waals surface area contributed by atoms with Crippen LogP contribution in [0.25, 0.3) is 0 Å². The summed E-state index contributed by atoms with van der Waals surface area (Å²) in [5.74, 6) is 0.708. The van der Waals surface area contributed by atoms with Gasteiger partial charge < -0.3 is 19.9 Å². The number of carbonyl (C=O) groups excluding carboxylic acids is 1. The van der Waals surface area contributed by atoms with Gasteiger partial charge in [0.05, 0.1) is 5.69 Å². The van der Waals surface area contributed by atoms with Gasteiger partial charge in [0.1, 0.15) is 12.4 Å². The minimum absolute atomic E-state index is 0.106. The van der Waals surface area contributed by atoms with Gasteiger partial charge in [-0.2, -0.15) is 0 Å². The summed E-state index contributed by atoms with van der Waals surface area (Å²) in [6.45, 7) is 11.1. The first-order valence-electron chi connectivity index (χ1n) is 10.2. The number of para-hydroxylation sites is 2. The SMILES string of the molecule is CCCN(Cc1ccccc1)C(=O)Nc1ccccc1OCCN(CC)CC. The molecule has 0 unspecified atom stereocenters. The quantitative estimate of drug-likeness (QED) is 0.603. The highest BCUT2D eigenvalue weighted by Crippen LogP contribution is 2.24. The zero-order valence-corrected chi connectivity index (χ0v) is 17.4. The number of ether oxygens (including phenoxy) is 1. The molecule has 0 atom stereocenters. The van der Waals surface area contributed by atoms with E-state index in [9.17, 15) is 4.79 Å². The average Bonchev–Trinajstić information content (AvgIpc) is 2.73. The monoisotopic (exact) mass is 383 g/mol. The molecule has 2 aromatic carbocycles. The molecule has 0 fully saturated rings. The molecule has 0 aliphatic carbocycles. The Morgan fingerprint density at radius 1 is 0.929 bits per heavy atom. The summed E-state index contributed by atoms with van der Waals surface area (Å²) in [5.41, 5.74) is 1.83. The number of anilines is 1. The second-order valence-electron chi connectivity index (χ2n) is 6.71. The van der Waals surface area contributed by atoms with Gasteiger partial charge in [-0.15, -0.1) is 0 Å². The van der Waals surface area contributed by atoms with Crippen molar-refractivity contribution in [1.82, 2.24) is 9.80 Å². The molecule has 0 spiro atoms. The Morgan fingerprint density at radius 2 is 1.61 bits per heavy atom. The number of hydrogen-bond acceptors (Lipinski definition) is 3. The predicted octanol–water partition coefficient (Wildman–Crippen LogP) is 4.85. The van der Waals surface area contributed by atoms with Crippen LogP contribution in [0, 0.1) is 0 Å². The van der Waals surface area contributed by atoms with E-state index in [1.165, 1.54) is 0 Å². The number of rotatable bonds is 11. The first-order valence-corrected chi connectivity index (χ1v) is 10.2. The van der Waals surface area contributed by atoms with Crippen molar-refractivity contribution in [3.8, 4) is 5.75 Å². The lowest BCUT2D eigenvalue weighted by atomic mass is 10.2. The lowest BCUT2D eigenvalue weighted by molar-refractivity contribution is 0.208. The van der Waals surface area contributed by atoms with E-state index in [-0.39, 0.29) is 6.03 Å². The molecular weight excluding hydrogens is 350 g/mol. The lowest BCUT2D eigenvalue weighted by Gasteiger charge is -2.24. The Balaban J connectivity index is 2.01. The summed E-state index contributed by atoms with van der Waals surface area (Å²) in [6.07, 6.45) is 0.905. The Kier molecular flexibility index (Phi) is 9.35. The van der Waals surface area contributed by atoms with Crippen molar-refractivity contribution < 1.29 is 9.53 Å². The van der Waals surface area contributed by atoms with Crippen molar-refractivity contribution >= 4 is 11.7 Å². The van der Waals surface area contributed by atoms with E-state index < -0.39 is 0 Å². The fraction of sp³-hybridized carbons (Fsp3) is 0.435. The predicted molar refractivity (Wildman–Crippen MR) is 116 cm³/mol. The first-order chi connectivity index (χ1) is 13.7. The largest absolute Gasteiger partial charge is 0.490 e. The van der Waals surface area contributed by atoms with Gasteiger partial charge in [0.15, 0.2) is 0 Å². The molecule has 1 N–H and O–H groups in total. The number of nitrogens with zero attached hydrogens (tertiary/aromatic N) is 2. The number of benzene rings is 2. The summed E-state index contributed by atoms with van der Waals surface area (Å²) in [6, 6.07) is 17.6. The van der Waals surface area contributed by atoms with Gasteiger partial charge >= 0.3 is 6.03 Å². The standard InChI is InChI=1S/C23H33N3O2/c1-4-16-26(19-20-12-8-7-9-13-20)23(27)24-21-14-10-11-15-22(21)28-18-17-25(5-2)6-3/h7-15H,4-6,16-19H2,1-3H3,(H,24,27). The van der Waals surface area contributed by atoms with Crippen LogP contribution in [0.3, 0.4) is 0 Å². The van der Waals surface area contributed by atoms with Crippen LogP contribution in [0.15, 0.2) is 54.6 Å². The molecule has 0 aliphatic heterocycles. The fourth-order valence-electron chi connectivity index (χ4n) is 3.04. The Bertz CT molecular complexity index is 702. The maximum absolute atomic E-state index is 12.9. The van der Waals surface area contributed by atoms with E-state index in [0.717, 1.165) is 31.6 Å². The molecule has 2 rings (SSSR count). The van der Waals surface area contributed by atoms with E-state index in [0.29, 0.717) is 31.1 Å². The van der Waals surface area contributed by atoms with Gasteiger partial charge in [0.25, 0.3) is 0 Å². The average molecular weight is 384 g/mol. The molecule has 5 nitrogen and oxygen atoms in total. The van der Waals surface area contributed by atoms with Crippen LogP contribution in [-0.4, -0.2) is 48.6 Å². The van der Waals surface area contributed by atoms with Gasteiger partial charge in [0.2, 0.25) is 0 Å². The van der Waals surface area contributed by atoms with Crippen LogP contribution in [-0.2, 0) is 6.54 Å². The van der Waals surface area contributed by atoms with Gasteiger partial charge in [-0.05, 0) is 37.2 Å². The van der Waals surface area contributed by atoms with Gasteiger partial charge in [-0.25, -0.2) is 4.79 Å². The van der Waals surface area contributed by atoms with Crippen LogP contribution in [0.4, 0.5) is 10.5 Å². The molecule has 0 radical (unpaired) electrons. The van der Waals surface area contributed by atoms with Crippen molar-refractivity contribution in [2.45, 2.75) is 33.7 Å². The number of nitrogens with one attached hydrogen (secondary N) is 1. The van der Waals surface area contributed by atoms with Gasteiger partial charge in [-0.3, -0.25) is 0 Å². The van der Waals surface area contributed by atoms with Crippen molar-refractivity contribution in [2.75, 3.05) is 38.1 Å². The zero-order valence-electron chi connectivity index (χ0n) is 17.4. The van der Waals surface area contributed by atoms with Gasteiger partial charge in [0, 0.05) is 19.6 Å². The fourth-order valence-corrected chi connectivity index (χ4v) is 3.04. The molecule has 5 heteroatoms. The Hall–Kier alpha value is -2.53. The van der Waals surface area contributed by atoms with Crippen molar-refractivity contribution in [3.63, 3.8) is 0 Å². The van der Waals surface area contributed by atoms with E-state index in [4.69, 9.17) is 4.74 Å². The number of amides is 2. The zero-order chi connectivity index (χ0) is 20.2. The third-order valence-corrected chi connectivity index (χ3v) is 4.69. The normalized spacial score (nSPS) is 10.7. The number of urea groups is 1. The van der Waals surface area contributed by atoms with Crippen molar-refractivity contribution in [3.05, 3.63) is 60.2 Å². The summed E-state index contributed by atoms with van der Waals surface area (Å²) >= 11 is 0.